The molecule has 2 heterocycles. The number of nitrogens with one attached hydrogen (secondary N) is 1. The molecule has 3 aromatic rings. The highest BCUT2D eigenvalue weighted by molar-refractivity contribution is 5.89. The van der Waals surface area contributed by atoms with Gasteiger partial charge in [0.15, 0.2) is 5.65 Å². The quantitative estimate of drug-likeness (QED) is 0.642. The molecule has 1 unspecified atom stereocenters. The van der Waals surface area contributed by atoms with Crippen molar-refractivity contribution < 1.29 is 15.0 Å². The Hall–Kier alpha value is -2.93. The Morgan fingerprint density at radius 2 is 2.17 bits per heavy atom. The number of aliphatic hydroxyl groups excluding tert-OH is 1. The van der Waals surface area contributed by atoms with E-state index < -0.39 is 5.97 Å². The lowest BCUT2D eigenvalue weighted by Gasteiger charge is -2.14. The Balaban J connectivity index is 2.02. The fourth-order valence-corrected chi connectivity index (χ4v) is 2.44. The minimum Gasteiger partial charge on any atom is -0.478 e. The number of hydrogen-bond donors (Lipinski definition) is 3. The lowest BCUT2D eigenvalue weighted by molar-refractivity contribution is 0.0697. The van der Waals surface area contributed by atoms with Crippen molar-refractivity contribution in [1.82, 2.24) is 14.6 Å². The highest BCUT2D eigenvalue weighted by Gasteiger charge is 2.12. The van der Waals surface area contributed by atoms with Gasteiger partial charge in [0.2, 0.25) is 0 Å². The van der Waals surface area contributed by atoms with Crippen molar-refractivity contribution in [3.63, 3.8) is 0 Å². The van der Waals surface area contributed by atoms with E-state index in [1.54, 1.807) is 35.0 Å². The van der Waals surface area contributed by atoms with Gasteiger partial charge in [-0.15, -0.1) is 5.10 Å². The molecule has 7 heteroatoms. The predicted molar refractivity (Wildman–Crippen MR) is 90.2 cm³/mol. The average Bonchev–Trinajstić information content (AvgIpc) is 3.03. The van der Waals surface area contributed by atoms with Crippen LogP contribution in [-0.2, 0) is 0 Å². The Labute approximate surface area is 138 Å². The molecule has 0 aliphatic heterocycles. The van der Waals surface area contributed by atoms with Gasteiger partial charge < -0.3 is 15.5 Å². The summed E-state index contributed by atoms with van der Waals surface area (Å²) in [6.07, 6.45) is 2.43. The lowest BCUT2D eigenvalue weighted by Crippen LogP contribution is -2.23. The minimum absolute atomic E-state index is 0.0215. The number of anilines is 1. The van der Waals surface area contributed by atoms with E-state index in [9.17, 15) is 9.90 Å². The molecule has 0 aliphatic carbocycles. The second kappa shape index (κ2) is 6.67. The van der Waals surface area contributed by atoms with Gasteiger partial charge in [-0.25, -0.2) is 14.3 Å². The van der Waals surface area contributed by atoms with Gasteiger partial charge in [-0.1, -0.05) is 19.1 Å². The number of aromatic carboxylic acids is 1. The highest BCUT2D eigenvalue weighted by atomic mass is 16.4. The van der Waals surface area contributed by atoms with E-state index in [1.807, 2.05) is 19.1 Å². The van der Waals surface area contributed by atoms with Crippen LogP contribution >= 0.6 is 0 Å². The van der Waals surface area contributed by atoms with E-state index in [1.165, 1.54) is 0 Å². The Kier molecular flexibility index (Phi) is 4.43. The Morgan fingerprint density at radius 1 is 1.33 bits per heavy atom. The monoisotopic (exact) mass is 326 g/mol. The molecule has 0 aliphatic rings. The summed E-state index contributed by atoms with van der Waals surface area (Å²) >= 11 is 0. The molecule has 0 saturated carbocycles. The normalized spacial score (nSPS) is 12.2. The van der Waals surface area contributed by atoms with Gasteiger partial charge >= 0.3 is 5.97 Å². The third-order valence-electron chi connectivity index (χ3n) is 3.83. The van der Waals surface area contributed by atoms with Gasteiger partial charge in [-0.2, -0.15) is 0 Å². The summed E-state index contributed by atoms with van der Waals surface area (Å²) in [5.74, 6) is -0.355. The van der Waals surface area contributed by atoms with Gasteiger partial charge in [-0.05, 0) is 30.7 Å². The number of nitrogens with zero attached hydrogens (tertiary/aromatic N) is 3. The Morgan fingerprint density at radius 3 is 2.88 bits per heavy atom. The first-order valence-electron chi connectivity index (χ1n) is 7.68. The van der Waals surface area contributed by atoms with E-state index in [4.69, 9.17) is 5.11 Å². The number of carboxylic acids is 1. The minimum atomic E-state index is -0.977. The van der Waals surface area contributed by atoms with Crippen molar-refractivity contribution in [3.8, 4) is 11.3 Å². The Bertz CT molecular complexity index is 871. The molecular weight excluding hydrogens is 308 g/mol. The van der Waals surface area contributed by atoms with Crippen LogP contribution in [0.4, 0.5) is 5.82 Å². The van der Waals surface area contributed by atoms with Crippen LogP contribution in [-0.4, -0.2) is 43.4 Å². The summed E-state index contributed by atoms with van der Waals surface area (Å²) in [5, 5.41) is 26.1. The molecule has 1 atom stereocenters. The van der Waals surface area contributed by atoms with E-state index in [0.717, 1.165) is 12.0 Å². The number of benzene rings is 1. The smallest absolute Gasteiger partial charge is 0.335 e. The molecule has 124 valence electrons. The number of aliphatic hydroxyl groups is 1. The van der Waals surface area contributed by atoms with Crippen LogP contribution in [0, 0.1) is 0 Å². The predicted octanol–water partition coefficient (Wildman–Crippen LogP) is 2.28. The van der Waals surface area contributed by atoms with Crippen molar-refractivity contribution in [2.45, 2.75) is 19.4 Å². The van der Waals surface area contributed by atoms with E-state index >= 15 is 0 Å². The van der Waals surface area contributed by atoms with Gasteiger partial charge in [0.25, 0.3) is 0 Å². The molecule has 0 fully saturated rings. The zero-order chi connectivity index (χ0) is 17.1. The molecule has 3 rings (SSSR count). The standard InChI is InChI=1S/C17H18N4O3/c1-2-13(10-22)19-15-6-7-16-18-9-14(21(16)20-15)11-4-3-5-12(8-11)17(23)24/h3-9,13,22H,2,10H2,1H3,(H,19,20)(H,23,24). The molecular formula is C17H18N4O3. The number of carboxylic acid groups (broad SMARTS) is 1. The van der Waals surface area contributed by atoms with Crippen LogP contribution in [0.5, 0.6) is 0 Å². The molecule has 7 nitrogen and oxygen atoms in total. The fourth-order valence-electron chi connectivity index (χ4n) is 2.44. The lowest BCUT2D eigenvalue weighted by atomic mass is 10.1. The summed E-state index contributed by atoms with van der Waals surface area (Å²) in [6.45, 7) is 2.00. The first-order chi connectivity index (χ1) is 11.6. The summed E-state index contributed by atoms with van der Waals surface area (Å²) in [6, 6.07) is 10.2. The van der Waals surface area contributed by atoms with Gasteiger partial charge in [-0.3, -0.25) is 0 Å². The summed E-state index contributed by atoms with van der Waals surface area (Å²) < 4.78 is 1.66. The third-order valence-corrected chi connectivity index (χ3v) is 3.83. The van der Waals surface area contributed by atoms with E-state index in [-0.39, 0.29) is 18.2 Å². The maximum absolute atomic E-state index is 11.2. The molecule has 2 aromatic heterocycles. The number of rotatable bonds is 6. The number of imidazole rings is 1. The molecule has 0 bridgehead atoms. The SMILES string of the molecule is CCC(CO)Nc1ccc2ncc(-c3cccc(C(=O)O)c3)n2n1. The van der Waals surface area contributed by atoms with E-state index in [2.05, 4.69) is 15.4 Å². The second-order valence-electron chi connectivity index (χ2n) is 5.45. The zero-order valence-corrected chi connectivity index (χ0v) is 13.2. The fraction of sp³-hybridized carbons (Fsp3) is 0.235. The van der Waals surface area contributed by atoms with Crippen LogP contribution in [0.1, 0.15) is 23.7 Å². The number of aromatic nitrogens is 3. The maximum atomic E-state index is 11.2. The first-order valence-corrected chi connectivity index (χ1v) is 7.68. The van der Waals surface area contributed by atoms with E-state index in [0.29, 0.717) is 17.2 Å². The highest BCUT2D eigenvalue weighted by Crippen LogP contribution is 2.22. The van der Waals surface area contributed by atoms with Gasteiger partial charge in [0, 0.05) is 5.56 Å². The number of fused-ring (bicyclic) bond motifs is 1. The second-order valence-corrected chi connectivity index (χ2v) is 5.45. The van der Waals surface area contributed by atoms with Crippen LogP contribution in [0.3, 0.4) is 0 Å². The van der Waals surface area contributed by atoms with Crippen molar-refractivity contribution >= 4 is 17.4 Å². The van der Waals surface area contributed by atoms with Crippen LogP contribution in [0.15, 0.2) is 42.6 Å². The molecule has 24 heavy (non-hydrogen) atoms. The molecule has 0 radical (unpaired) electrons. The molecule has 1 aromatic carbocycles. The first kappa shape index (κ1) is 15.9. The zero-order valence-electron chi connectivity index (χ0n) is 13.2. The van der Waals surface area contributed by atoms with Crippen LogP contribution < -0.4 is 5.32 Å². The summed E-state index contributed by atoms with van der Waals surface area (Å²) in [7, 11) is 0. The molecule has 0 saturated heterocycles. The van der Waals surface area contributed by atoms with Gasteiger partial charge in [0.05, 0.1) is 30.1 Å². The molecule has 0 amide bonds. The van der Waals surface area contributed by atoms with Crippen LogP contribution in [0.2, 0.25) is 0 Å². The topological polar surface area (TPSA) is 99.8 Å². The maximum Gasteiger partial charge on any atom is 0.335 e. The average molecular weight is 326 g/mol. The van der Waals surface area contributed by atoms with Crippen molar-refractivity contribution in [1.29, 1.82) is 0 Å². The largest absolute Gasteiger partial charge is 0.478 e. The molecule has 0 spiro atoms. The molecule has 3 N–H and O–H groups in total. The van der Waals surface area contributed by atoms with Crippen molar-refractivity contribution in [2.24, 2.45) is 0 Å². The summed E-state index contributed by atoms with van der Waals surface area (Å²) in [5.41, 5.74) is 2.30. The van der Waals surface area contributed by atoms with Crippen molar-refractivity contribution in [3.05, 3.63) is 48.2 Å². The van der Waals surface area contributed by atoms with Gasteiger partial charge in [0.1, 0.15) is 5.82 Å². The third kappa shape index (κ3) is 3.07. The van der Waals surface area contributed by atoms with Crippen LogP contribution in [0.25, 0.3) is 16.9 Å². The number of hydrogen-bond acceptors (Lipinski definition) is 5. The number of carbonyl (C=O) groups is 1. The van der Waals surface area contributed by atoms with Crippen molar-refractivity contribution in [2.75, 3.05) is 11.9 Å². The summed E-state index contributed by atoms with van der Waals surface area (Å²) in [4.78, 5) is 15.5.